The highest BCUT2D eigenvalue weighted by molar-refractivity contribution is 6.30. The highest BCUT2D eigenvalue weighted by Gasteiger charge is 2.21. The third-order valence-corrected chi connectivity index (χ3v) is 5.35. The summed E-state index contributed by atoms with van der Waals surface area (Å²) in [4.78, 5) is 9.54. The molecule has 1 N–H and O–H groups in total. The van der Waals surface area contributed by atoms with E-state index in [-0.39, 0.29) is 0 Å². The molecule has 29 heavy (non-hydrogen) atoms. The Kier molecular flexibility index (Phi) is 7.52. The van der Waals surface area contributed by atoms with E-state index >= 15 is 0 Å². The van der Waals surface area contributed by atoms with Gasteiger partial charge in [0.15, 0.2) is 5.96 Å². The van der Waals surface area contributed by atoms with Gasteiger partial charge < -0.3 is 19.7 Å². The van der Waals surface area contributed by atoms with Crippen molar-refractivity contribution in [3.63, 3.8) is 0 Å². The molecule has 1 aromatic heterocycles. The Hall–Kier alpha value is -2.54. The first-order valence-corrected chi connectivity index (χ1v) is 10.5. The van der Waals surface area contributed by atoms with Gasteiger partial charge in [-0.1, -0.05) is 30.7 Å². The number of anilines is 1. The molecule has 7 nitrogen and oxygen atoms in total. The van der Waals surface area contributed by atoms with Gasteiger partial charge in [-0.3, -0.25) is 4.99 Å². The highest BCUT2D eigenvalue weighted by atomic mass is 35.5. The number of aromatic nitrogens is 3. The topological polar surface area (TPSA) is 61.6 Å². The van der Waals surface area contributed by atoms with E-state index in [1.165, 1.54) is 11.3 Å². The average molecular weight is 416 g/mol. The fraction of sp³-hybridized carbons (Fsp3) is 0.476. The third kappa shape index (κ3) is 5.50. The van der Waals surface area contributed by atoms with Crippen LogP contribution in [-0.2, 0) is 13.0 Å². The minimum Gasteiger partial charge on any atom is -0.368 e. The van der Waals surface area contributed by atoms with Crippen molar-refractivity contribution in [1.29, 1.82) is 0 Å². The number of nitrogens with one attached hydrogen (secondary N) is 1. The fourth-order valence-electron chi connectivity index (χ4n) is 3.52. The standard InChI is InChI=1S/C21H30ClN7/c1-4-8-23-21(24-9-10-29-16-25-26-20(29)5-2)28-13-11-27(12-14-28)19-15-18(22)7-6-17(19)3/h4,6-7,15-16H,1,5,8-14H2,2-3H3,(H,23,24). The van der Waals surface area contributed by atoms with Gasteiger partial charge in [0.2, 0.25) is 0 Å². The highest BCUT2D eigenvalue weighted by Crippen LogP contribution is 2.25. The molecule has 8 heteroatoms. The molecule has 3 rings (SSSR count). The molecule has 0 unspecified atom stereocenters. The number of hydrogen-bond donors (Lipinski definition) is 1. The first-order valence-electron chi connectivity index (χ1n) is 10.1. The molecule has 0 saturated carbocycles. The number of nitrogens with zero attached hydrogens (tertiary/aromatic N) is 6. The van der Waals surface area contributed by atoms with E-state index in [0.29, 0.717) is 13.1 Å². The molecule has 2 aromatic rings. The molecule has 0 bridgehead atoms. The number of guanidine groups is 1. The van der Waals surface area contributed by atoms with Crippen molar-refractivity contribution in [3.8, 4) is 0 Å². The Morgan fingerprint density at radius 1 is 1.31 bits per heavy atom. The molecule has 2 heterocycles. The third-order valence-electron chi connectivity index (χ3n) is 5.11. The molecule has 0 aliphatic carbocycles. The summed E-state index contributed by atoms with van der Waals surface area (Å²) in [6.45, 7) is 13.9. The van der Waals surface area contributed by atoms with E-state index in [1.54, 1.807) is 6.33 Å². The van der Waals surface area contributed by atoms with E-state index in [2.05, 4.69) is 62.4 Å². The Labute approximate surface area is 178 Å². The van der Waals surface area contributed by atoms with Gasteiger partial charge in [-0.05, 0) is 24.6 Å². The second-order valence-corrected chi connectivity index (χ2v) is 7.51. The summed E-state index contributed by atoms with van der Waals surface area (Å²) >= 11 is 6.21. The molecule has 0 amide bonds. The molecule has 1 aromatic carbocycles. The first-order chi connectivity index (χ1) is 14.1. The molecule has 0 atom stereocenters. The summed E-state index contributed by atoms with van der Waals surface area (Å²) in [6.07, 6.45) is 4.50. The Morgan fingerprint density at radius 2 is 2.10 bits per heavy atom. The second-order valence-electron chi connectivity index (χ2n) is 7.07. The molecule has 1 aliphatic rings. The van der Waals surface area contributed by atoms with Crippen molar-refractivity contribution in [1.82, 2.24) is 25.0 Å². The maximum absolute atomic E-state index is 6.21. The maximum atomic E-state index is 6.21. The van der Waals surface area contributed by atoms with E-state index < -0.39 is 0 Å². The van der Waals surface area contributed by atoms with Crippen molar-refractivity contribution in [2.75, 3.05) is 44.2 Å². The summed E-state index contributed by atoms with van der Waals surface area (Å²) in [7, 11) is 0. The van der Waals surface area contributed by atoms with Gasteiger partial charge in [-0.2, -0.15) is 0 Å². The molecular formula is C21H30ClN7. The summed E-state index contributed by atoms with van der Waals surface area (Å²) < 4.78 is 2.06. The van der Waals surface area contributed by atoms with Crippen LogP contribution in [0.25, 0.3) is 0 Å². The van der Waals surface area contributed by atoms with E-state index in [0.717, 1.165) is 56.0 Å². The number of hydrogen-bond acceptors (Lipinski definition) is 4. The summed E-state index contributed by atoms with van der Waals surface area (Å²) in [5.74, 6) is 1.92. The second kappa shape index (κ2) is 10.3. The number of aryl methyl sites for hydroxylation is 2. The Morgan fingerprint density at radius 3 is 2.83 bits per heavy atom. The normalized spacial score (nSPS) is 14.9. The van der Waals surface area contributed by atoms with Crippen LogP contribution < -0.4 is 10.2 Å². The zero-order valence-corrected chi connectivity index (χ0v) is 18.1. The van der Waals surface area contributed by atoms with Crippen LogP contribution in [0.5, 0.6) is 0 Å². The van der Waals surface area contributed by atoms with Crippen LogP contribution >= 0.6 is 11.6 Å². The number of aliphatic imine (C=N–C) groups is 1. The largest absolute Gasteiger partial charge is 0.368 e. The predicted octanol–water partition coefficient (Wildman–Crippen LogP) is 2.76. The van der Waals surface area contributed by atoms with E-state index in [4.69, 9.17) is 16.6 Å². The molecule has 156 valence electrons. The van der Waals surface area contributed by atoms with Crippen molar-refractivity contribution in [2.45, 2.75) is 26.8 Å². The minimum absolute atomic E-state index is 0.679. The molecule has 1 fully saturated rings. The van der Waals surface area contributed by atoms with E-state index in [1.807, 2.05) is 12.1 Å². The SMILES string of the molecule is C=CCNC(=NCCn1cnnc1CC)N1CCN(c2cc(Cl)ccc2C)CC1. The van der Waals surface area contributed by atoms with Crippen LogP contribution in [0, 0.1) is 6.92 Å². The lowest BCUT2D eigenvalue weighted by Gasteiger charge is -2.38. The quantitative estimate of drug-likeness (QED) is 0.428. The molecule has 1 saturated heterocycles. The lowest BCUT2D eigenvalue weighted by atomic mass is 10.1. The smallest absolute Gasteiger partial charge is 0.194 e. The van der Waals surface area contributed by atoms with Crippen molar-refractivity contribution >= 4 is 23.2 Å². The number of halogens is 1. The van der Waals surface area contributed by atoms with Gasteiger partial charge in [0.25, 0.3) is 0 Å². The van der Waals surface area contributed by atoms with Gasteiger partial charge in [-0.15, -0.1) is 16.8 Å². The number of rotatable bonds is 7. The molecule has 0 spiro atoms. The first kappa shape index (κ1) is 21.2. The van der Waals surface area contributed by atoms with Crippen LogP contribution in [-0.4, -0.2) is 64.9 Å². The lowest BCUT2D eigenvalue weighted by Crippen LogP contribution is -2.52. The zero-order chi connectivity index (χ0) is 20.6. The number of benzene rings is 1. The molecule has 0 radical (unpaired) electrons. The predicted molar refractivity (Wildman–Crippen MR) is 120 cm³/mol. The summed E-state index contributed by atoms with van der Waals surface area (Å²) in [5, 5.41) is 12.3. The van der Waals surface area contributed by atoms with Gasteiger partial charge in [-0.25, -0.2) is 0 Å². The zero-order valence-electron chi connectivity index (χ0n) is 17.3. The van der Waals surface area contributed by atoms with Crippen molar-refractivity contribution in [3.05, 3.63) is 53.6 Å². The van der Waals surface area contributed by atoms with E-state index in [9.17, 15) is 0 Å². The van der Waals surface area contributed by atoms with Gasteiger partial charge in [0, 0.05) is 56.4 Å². The Bertz CT molecular complexity index is 837. The van der Waals surface area contributed by atoms with Crippen LogP contribution in [0.1, 0.15) is 18.3 Å². The lowest BCUT2D eigenvalue weighted by molar-refractivity contribution is 0.373. The average Bonchev–Trinajstić information content (AvgIpc) is 3.20. The minimum atomic E-state index is 0.679. The summed E-state index contributed by atoms with van der Waals surface area (Å²) in [6, 6.07) is 6.08. The fourth-order valence-corrected chi connectivity index (χ4v) is 3.68. The van der Waals surface area contributed by atoms with Gasteiger partial charge >= 0.3 is 0 Å². The maximum Gasteiger partial charge on any atom is 0.194 e. The van der Waals surface area contributed by atoms with Crippen LogP contribution in [0.15, 0.2) is 42.2 Å². The van der Waals surface area contributed by atoms with Gasteiger partial charge in [0.05, 0.1) is 6.54 Å². The van der Waals surface area contributed by atoms with Gasteiger partial charge in [0.1, 0.15) is 12.2 Å². The molecular weight excluding hydrogens is 386 g/mol. The van der Waals surface area contributed by atoms with Crippen LogP contribution in [0.2, 0.25) is 5.02 Å². The van der Waals surface area contributed by atoms with Crippen LogP contribution in [0.3, 0.4) is 0 Å². The van der Waals surface area contributed by atoms with Crippen LogP contribution in [0.4, 0.5) is 5.69 Å². The van der Waals surface area contributed by atoms with Crippen molar-refractivity contribution < 1.29 is 0 Å². The van der Waals surface area contributed by atoms with Crippen molar-refractivity contribution in [2.24, 2.45) is 4.99 Å². The number of piperazine rings is 1. The summed E-state index contributed by atoms with van der Waals surface area (Å²) in [5.41, 5.74) is 2.47. The monoisotopic (exact) mass is 415 g/mol. The molecule has 1 aliphatic heterocycles. The Balaban J connectivity index is 1.62.